The third-order valence-corrected chi connectivity index (χ3v) is 3.36. The maximum Gasteiger partial charge on any atom is 0.261 e. The number of amides is 1. The Bertz CT molecular complexity index is 254. The molecule has 4 nitrogen and oxygen atoms in total. The highest BCUT2D eigenvalue weighted by Crippen LogP contribution is 2.28. The number of hydrogen-bond acceptors (Lipinski definition) is 3. The van der Waals surface area contributed by atoms with E-state index in [-0.39, 0.29) is 36.9 Å². The molecule has 0 aromatic carbocycles. The van der Waals surface area contributed by atoms with Gasteiger partial charge >= 0.3 is 0 Å². The number of nitrogens with one attached hydrogen (secondary N) is 1. The van der Waals surface area contributed by atoms with Crippen LogP contribution in [0, 0.1) is 11.8 Å². The Morgan fingerprint density at radius 1 is 1.50 bits per heavy atom. The average molecular weight is 264 g/mol. The number of rotatable bonds is 6. The Morgan fingerprint density at radius 2 is 2.22 bits per heavy atom. The Balaban J connectivity index is 2.22. The van der Waals surface area contributed by atoms with Crippen molar-refractivity contribution in [2.45, 2.75) is 38.7 Å². The summed E-state index contributed by atoms with van der Waals surface area (Å²) >= 11 is 0. The molecule has 3 unspecified atom stereocenters. The molecular weight excluding hydrogens is 242 g/mol. The Hall–Kier alpha value is -0.750. The van der Waals surface area contributed by atoms with Crippen molar-refractivity contribution in [3.63, 3.8) is 0 Å². The number of nitrogens with two attached hydrogens (primary N) is 1. The van der Waals surface area contributed by atoms with Gasteiger partial charge in [-0.15, -0.1) is 0 Å². The molecule has 0 heterocycles. The highest BCUT2D eigenvalue weighted by Gasteiger charge is 2.33. The van der Waals surface area contributed by atoms with E-state index in [1.54, 1.807) is 0 Å². The molecule has 0 spiro atoms. The van der Waals surface area contributed by atoms with E-state index in [1.807, 2.05) is 6.92 Å². The first-order chi connectivity index (χ1) is 8.52. The fourth-order valence-corrected chi connectivity index (χ4v) is 2.45. The lowest BCUT2D eigenvalue weighted by Gasteiger charge is -2.33. The summed E-state index contributed by atoms with van der Waals surface area (Å²) < 4.78 is 28.3. The van der Waals surface area contributed by atoms with Crippen LogP contribution in [0.5, 0.6) is 0 Å². The van der Waals surface area contributed by atoms with Crippen molar-refractivity contribution in [2.24, 2.45) is 17.6 Å². The van der Waals surface area contributed by atoms with E-state index in [9.17, 15) is 13.6 Å². The average Bonchev–Trinajstić information content (AvgIpc) is 2.27. The SMILES string of the molecule is CC1CCCC(N)C1C(=O)NCCOCC(F)F. The van der Waals surface area contributed by atoms with Crippen LogP contribution in [0.2, 0.25) is 0 Å². The van der Waals surface area contributed by atoms with Crippen molar-refractivity contribution in [2.75, 3.05) is 19.8 Å². The zero-order valence-electron chi connectivity index (χ0n) is 10.7. The molecule has 106 valence electrons. The van der Waals surface area contributed by atoms with Gasteiger partial charge in [0.2, 0.25) is 5.91 Å². The van der Waals surface area contributed by atoms with E-state index in [2.05, 4.69) is 5.32 Å². The minimum absolute atomic E-state index is 0.0876. The monoisotopic (exact) mass is 264 g/mol. The molecule has 1 rings (SSSR count). The van der Waals surface area contributed by atoms with Gasteiger partial charge < -0.3 is 15.8 Å². The summed E-state index contributed by atoms with van der Waals surface area (Å²) in [5, 5.41) is 2.70. The van der Waals surface area contributed by atoms with Crippen LogP contribution < -0.4 is 11.1 Å². The van der Waals surface area contributed by atoms with Crippen LogP contribution in [-0.2, 0) is 9.53 Å². The molecule has 0 radical (unpaired) electrons. The van der Waals surface area contributed by atoms with Crippen LogP contribution in [0.1, 0.15) is 26.2 Å². The molecule has 1 amide bonds. The second kappa shape index (κ2) is 7.63. The lowest BCUT2D eigenvalue weighted by atomic mass is 9.76. The van der Waals surface area contributed by atoms with E-state index < -0.39 is 13.0 Å². The topological polar surface area (TPSA) is 64.4 Å². The first-order valence-electron chi connectivity index (χ1n) is 6.41. The highest BCUT2D eigenvalue weighted by molar-refractivity contribution is 5.79. The van der Waals surface area contributed by atoms with Gasteiger partial charge in [-0.1, -0.05) is 13.3 Å². The molecule has 0 aromatic rings. The van der Waals surface area contributed by atoms with Gasteiger partial charge in [0.15, 0.2) is 0 Å². The maximum absolute atomic E-state index is 11.9. The van der Waals surface area contributed by atoms with Crippen molar-refractivity contribution >= 4 is 5.91 Å². The van der Waals surface area contributed by atoms with E-state index in [1.165, 1.54) is 0 Å². The molecule has 0 bridgehead atoms. The third-order valence-electron chi connectivity index (χ3n) is 3.36. The predicted molar refractivity (Wildman–Crippen MR) is 64.3 cm³/mol. The summed E-state index contributed by atoms with van der Waals surface area (Å²) in [6, 6.07) is -0.101. The third kappa shape index (κ3) is 4.86. The molecule has 0 aliphatic heterocycles. The summed E-state index contributed by atoms with van der Waals surface area (Å²) in [4.78, 5) is 11.9. The van der Waals surface area contributed by atoms with Crippen molar-refractivity contribution in [3.05, 3.63) is 0 Å². The highest BCUT2D eigenvalue weighted by atomic mass is 19.3. The largest absolute Gasteiger partial charge is 0.374 e. The summed E-state index contributed by atoms with van der Waals surface area (Å²) in [5.41, 5.74) is 5.95. The first kappa shape index (κ1) is 15.3. The van der Waals surface area contributed by atoms with Gasteiger partial charge in [-0.3, -0.25) is 4.79 Å². The summed E-state index contributed by atoms with van der Waals surface area (Å²) in [6.07, 6.45) is 0.467. The van der Waals surface area contributed by atoms with Crippen molar-refractivity contribution in [1.82, 2.24) is 5.32 Å². The number of carbonyl (C=O) groups excluding carboxylic acids is 1. The van der Waals surface area contributed by atoms with Gasteiger partial charge in [0.05, 0.1) is 12.5 Å². The van der Waals surface area contributed by atoms with Gasteiger partial charge in [0, 0.05) is 12.6 Å². The van der Waals surface area contributed by atoms with Crippen LogP contribution in [-0.4, -0.2) is 38.1 Å². The maximum atomic E-state index is 11.9. The lowest BCUT2D eigenvalue weighted by molar-refractivity contribution is -0.128. The minimum atomic E-state index is -2.47. The number of alkyl halides is 2. The van der Waals surface area contributed by atoms with Crippen LogP contribution in [0.4, 0.5) is 8.78 Å². The van der Waals surface area contributed by atoms with E-state index in [0.717, 1.165) is 19.3 Å². The number of halogens is 2. The van der Waals surface area contributed by atoms with Gasteiger partial charge in [0.1, 0.15) is 6.61 Å². The van der Waals surface area contributed by atoms with Crippen molar-refractivity contribution in [1.29, 1.82) is 0 Å². The molecule has 3 N–H and O–H groups in total. The standard InChI is InChI=1S/C12H22F2N2O2/c1-8-3-2-4-9(15)11(8)12(17)16-5-6-18-7-10(13)14/h8-11H,2-7,15H2,1H3,(H,16,17). The lowest BCUT2D eigenvalue weighted by Crippen LogP contribution is -2.47. The van der Waals surface area contributed by atoms with Crippen LogP contribution in [0.25, 0.3) is 0 Å². The molecule has 1 aliphatic rings. The number of hydrogen-bond donors (Lipinski definition) is 2. The van der Waals surface area contributed by atoms with Crippen molar-refractivity contribution in [3.8, 4) is 0 Å². The fraction of sp³-hybridized carbons (Fsp3) is 0.917. The molecule has 18 heavy (non-hydrogen) atoms. The van der Waals surface area contributed by atoms with E-state index in [0.29, 0.717) is 0 Å². The zero-order chi connectivity index (χ0) is 13.5. The molecule has 1 aliphatic carbocycles. The van der Waals surface area contributed by atoms with E-state index >= 15 is 0 Å². The molecule has 1 saturated carbocycles. The number of ether oxygens (including phenoxy) is 1. The quantitative estimate of drug-likeness (QED) is 0.707. The van der Waals surface area contributed by atoms with Gasteiger partial charge in [-0.25, -0.2) is 8.78 Å². The molecule has 1 fully saturated rings. The van der Waals surface area contributed by atoms with Crippen LogP contribution in [0.3, 0.4) is 0 Å². The normalized spacial score (nSPS) is 28.4. The second-order valence-corrected chi connectivity index (χ2v) is 4.85. The summed E-state index contributed by atoms with van der Waals surface area (Å²) in [7, 11) is 0. The van der Waals surface area contributed by atoms with Gasteiger partial charge in [-0.05, 0) is 18.8 Å². The Morgan fingerprint density at radius 3 is 2.83 bits per heavy atom. The number of carbonyl (C=O) groups is 1. The van der Waals surface area contributed by atoms with Crippen LogP contribution in [0.15, 0.2) is 0 Å². The first-order valence-corrected chi connectivity index (χ1v) is 6.41. The molecule has 0 saturated heterocycles. The summed E-state index contributed by atoms with van der Waals surface area (Å²) in [6.45, 7) is 1.79. The van der Waals surface area contributed by atoms with Crippen LogP contribution >= 0.6 is 0 Å². The zero-order valence-corrected chi connectivity index (χ0v) is 10.7. The molecule has 6 heteroatoms. The summed E-state index contributed by atoms with van der Waals surface area (Å²) in [5.74, 6) is 0.0138. The smallest absolute Gasteiger partial charge is 0.261 e. The van der Waals surface area contributed by atoms with E-state index in [4.69, 9.17) is 10.5 Å². The van der Waals surface area contributed by atoms with Gasteiger partial charge in [-0.2, -0.15) is 0 Å². The minimum Gasteiger partial charge on any atom is -0.374 e. The Kier molecular flexibility index (Phi) is 6.49. The Labute approximate surface area is 106 Å². The van der Waals surface area contributed by atoms with Crippen molar-refractivity contribution < 1.29 is 18.3 Å². The fourth-order valence-electron chi connectivity index (χ4n) is 2.45. The van der Waals surface area contributed by atoms with Gasteiger partial charge in [0.25, 0.3) is 6.43 Å². The molecule has 3 atom stereocenters. The molecule has 0 aromatic heterocycles. The second-order valence-electron chi connectivity index (χ2n) is 4.85. The molecular formula is C12H22F2N2O2. The predicted octanol–water partition coefficient (Wildman–Crippen LogP) is 1.15.